The lowest BCUT2D eigenvalue weighted by Gasteiger charge is -2.22. The van der Waals surface area contributed by atoms with Crippen LogP contribution in [0, 0.1) is 5.82 Å². The zero-order valence-electron chi connectivity index (χ0n) is 11.0. The molecule has 1 aliphatic rings. The molecule has 0 saturated carbocycles. The van der Waals surface area contributed by atoms with Crippen LogP contribution in [-0.4, -0.2) is 19.0 Å². The van der Waals surface area contributed by atoms with Crippen LogP contribution >= 0.6 is 0 Å². The fourth-order valence-corrected chi connectivity index (χ4v) is 2.40. The van der Waals surface area contributed by atoms with Gasteiger partial charge in [0.2, 0.25) is 0 Å². The van der Waals surface area contributed by atoms with E-state index >= 15 is 0 Å². The molecule has 20 heavy (non-hydrogen) atoms. The van der Waals surface area contributed by atoms with Gasteiger partial charge < -0.3 is 10.2 Å². The molecule has 0 bridgehead atoms. The number of amides is 1. The van der Waals surface area contributed by atoms with E-state index in [0.29, 0.717) is 12.1 Å². The van der Waals surface area contributed by atoms with Crippen molar-refractivity contribution in [2.75, 3.05) is 23.3 Å². The van der Waals surface area contributed by atoms with E-state index in [1.54, 1.807) is 4.90 Å². The number of anilines is 2. The molecule has 4 heteroatoms. The number of nitrogens with one attached hydrogen (secondary N) is 1. The van der Waals surface area contributed by atoms with E-state index in [4.69, 9.17) is 0 Å². The van der Waals surface area contributed by atoms with Crippen LogP contribution in [0.15, 0.2) is 48.5 Å². The SMILES string of the molecule is O=C(c1ccc(F)cc1)N1CCCNc2ccccc21. The zero-order valence-corrected chi connectivity index (χ0v) is 11.0. The van der Waals surface area contributed by atoms with Crippen LogP contribution in [0.25, 0.3) is 0 Å². The third-order valence-corrected chi connectivity index (χ3v) is 3.41. The number of carbonyl (C=O) groups is 1. The zero-order chi connectivity index (χ0) is 13.9. The molecule has 3 rings (SSSR count). The molecule has 0 saturated heterocycles. The van der Waals surface area contributed by atoms with E-state index < -0.39 is 0 Å². The Kier molecular flexibility index (Phi) is 3.37. The number of hydrogen-bond acceptors (Lipinski definition) is 2. The van der Waals surface area contributed by atoms with Gasteiger partial charge in [-0.15, -0.1) is 0 Å². The molecular weight excluding hydrogens is 255 g/mol. The van der Waals surface area contributed by atoms with Crippen molar-refractivity contribution in [2.45, 2.75) is 6.42 Å². The largest absolute Gasteiger partial charge is 0.383 e. The van der Waals surface area contributed by atoms with Gasteiger partial charge in [0.1, 0.15) is 5.82 Å². The fourth-order valence-electron chi connectivity index (χ4n) is 2.40. The van der Waals surface area contributed by atoms with Crippen LogP contribution in [0.4, 0.5) is 15.8 Å². The van der Waals surface area contributed by atoms with E-state index in [1.807, 2.05) is 24.3 Å². The predicted octanol–water partition coefficient (Wildman–Crippen LogP) is 3.29. The number of fused-ring (bicyclic) bond motifs is 1. The van der Waals surface area contributed by atoms with Crippen LogP contribution in [0.3, 0.4) is 0 Å². The number of benzene rings is 2. The maximum atomic E-state index is 13.0. The number of halogens is 1. The van der Waals surface area contributed by atoms with Crippen molar-refractivity contribution in [3.05, 3.63) is 59.9 Å². The van der Waals surface area contributed by atoms with Gasteiger partial charge in [0.15, 0.2) is 0 Å². The second kappa shape index (κ2) is 5.33. The molecule has 0 unspecified atom stereocenters. The standard InChI is InChI=1S/C16H15FN2O/c17-13-8-6-12(7-9-13)16(20)19-11-3-10-18-14-4-1-2-5-15(14)19/h1-2,4-9,18H,3,10-11H2. The average molecular weight is 270 g/mol. The van der Waals surface area contributed by atoms with Gasteiger partial charge in [-0.1, -0.05) is 12.1 Å². The lowest BCUT2D eigenvalue weighted by molar-refractivity contribution is 0.0987. The van der Waals surface area contributed by atoms with Gasteiger partial charge in [0.25, 0.3) is 5.91 Å². The molecule has 0 atom stereocenters. The van der Waals surface area contributed by atoms with Crippen LogP contribution in [-0.2, 0) is 0 Å². The van der Waals surface area contributed by atoms with Crippen molar-refractivity contribution in [1.29, 1.82) is 0 Å². The van der Waals surface area contributed by atoms with E-state index in [-0.39, 0.29) is 11.7 Å². The summed E-state index contributed by atoms with van der Waals surface area (Å²) >= 11 is 0. The molecular formula is C16H15FN2O. The van der Waals surface area contributed by atoms with Crippen LogP contribution in [0.1, 0.15) is 16.8 Å². The Labute approximate surface area is 117 Å². The predicted molar refractivity (Wildman–Crippen MR) is 77.6 cm³/mol. The first-order valence-electron chi connectivity index (χ1n) is 6.66. The van der Waals surface area contributed by atoms with Crippen molar-refractivity contribution in [2.24, 2.45) is 0 Å². The quantitative estimate of drug-likeness (QED) is 0.862. The molecule has 0 fully saturated rings. The topological polar surface area (TPSA) is 32.3 Å². The van der Waals surface area contributed by atoms with Gasteiger partial charge in [0, 0.05) is 18.7 Å². The molecule has 2 aromatic rings. The highest BCUT2D eigenvalue weighted by Gasteiger charge is 2.21. The minimum absolute atomic E-state index is 0.0962. The highest BCUT2D eigenvalue weighted by atomic mass is 19.1. The van der Waals surface area contributed by atoms with Gasteiger partial charge >= 0.3 is 0 Å². The molecule has 1 heterocycles. The smallest absolute Gasteiger partial charge is 0.258 e. The number of carbonyl (C=O) groups excluding carboxylic acids is 1. The van der Waals surface area contributed by atoms with Gasteiger partial charge in [-0.25, -0.2) is 4.39 Å². The highest BCUT2D eigenvalue weighted by Crippen LogP contribution is 2.29. The summed E-state index contributed by atoms with van der Waals surface area (Å²) in [6, 6.07) is 13.4. The second-order valence-corrected chi connectivity index (χ2v) is 4.76. The maximum absolute atomic E-state index is 13.0. The van der Waals surface area contributed by atoms with Gasteiger partial charge in [-0.2, -0.15) is 0 Å². The normalized spacial score (nSPS) is 14.2. The Hall–Kier alpha value is -2.36. The molecule has 3 nitrogen and oxygen atoms in total. The van der Waals surface area contributed by atoms with Crippen LogP contribution in [0.5, 0.6) is 0 Å². The Morgan fingerprint density at radius 1 is 1.10 bits per heavy atom. The molecule has 1 N–H and O–H groups in total. The van der Waals surface area contributed by atoms with E-state index in [0.717, 1.165) is 24.3 Å². The number of rotatable bonds is 1. The summed E-state index contributed by atoms with van der Waals surface area (Å²) in [4.78, 5) is 14.4. The lowest BCUT2D eigenvalue weighted by atomic mass is 10.1. The van der Waals surface area contributed by atoms with E-state index in [1.165, 1.54) is 24.3 Å². The van der Waals surface area contributed by atoms with Crippen LogP contribution < -0.4 is 10.2 Å². The monoisotopic (exact) mass is 270 g/mol. The van der Waals surface area contributed by atoms with Gasteiger partial charge in [-0.3, -0.25) is 4.79 Å². The molecule has 0 spiro atoms. The van der Waals surface area contributed by atoms with Crippen molar-refractivity contribution < 1.29 is 9.18 Å². The number of hydrogen-bond donors (Lipinski definition) is 1. The Morgan fingerprint density at radius 2 is 1.85 bits per heavy atom. The summed E-state index contributed by atoms with van der Waals surface area (Å²) in [5.41, 5.74) is 2.34. The molecule has 0 radical (unpaired) electrons. The molecule has 2 aromatic carbocycles. The van der Waals surface area contributed by atoms with Crippen molar-refractivity contribution in [3.63, 3.8) is 0 Å². The average Bonchev–Trinajstić information content (AvgIpc) is 2.69. The Balaban J connectivity index is 1.97. The summed E-state index contributed by atoms with van der Waals surface area (Å²) < 4.78 is 13.0. The Bertz CT molecular complexity index is 625. The minimum Gasteiger partial charge on any atom is -0.383 e. The molecule has 1 amide bonds. The number of para-hydroxylation sites is 2. The van der Waals surface area contributed by atoms with Crippen molar-refractivity contribution in [1.82, 2.24) is 0 Å². The first-order valence-corrected chi connectivity index (χ1v) is 6.66. The van der Waals surface area contributed by atoms with Crippen molar-refractivity contribution in [3.8, 4) is 0 Å². The first kappa shape index (κ1) is 12.7. The number of nitrogens with zero attached hydrogens (tertiary/aromatic N) is 1. The summed E-state index contributed by atoms with van der Waals surface area (Å²) in [5, 5.41) is 3.32. The minimum atomic E-state index is -0.334. The molecule has 0 aliphatic carbocycles. The summed E-state index contributed by atoms with van der Waals surface area (Å²) in [7, 11) is 0. The summed E-state index contributed by atoms with van der Waals surface area (Å²) in [6.07, 6.45) is 0.877. The maximum Gasteiger partial charge on any atom is 0.258 e. The molecule has 0 aromatic heterocycles. The van der Waals surface area contributed by atoms with E-state index in [9.17, 15) is 9.18 Å². The van der Waals surface area contributed by atoms with Gasteiger partial charge in [-0.05, 0) is 42.8 Å². The highest BCUT2D eigenvalue weighted by molar-refractivity contribution is 6.07. The third-order valence-electron chi connectivity index (χ3n) is 3.41. The molecule has 1 aliphatic heterocycles. The van der Waals surface area contributed by atoms with Gasteiger partial charge in [0.05, 0.1) is 11.4 Å². The van der Waals surface area contributed by atoms with Crippen molar-refractivity contribution >= 4 is 17.3 Å². The lowest BCUT2D eigenvalue weighted by Crippen LogP contribution is -2.31. The summed E-state index contributed by atoms with van der Waals surface area (Å²) in [6.45, 7) is 1.49. The fraction of sp³-hybridized carbons (Fsp3) is 0.188. The Morgan fingerprint density at radius 3 is 2.65 bits per heavy atom. The third kappa shape index (κ3) is 2.37. The van der Waals surface area contributed by atoms with Crippen LogP contribution in [0.2, 0.25) is 0 Å². The molecule has 102 valence electrons. The summed E-state index contributed by atoms with van der Waals surface area (Å²) in [5.74, 6) is -0.430. The second-order valence-electron chi connectivity index (χ2n) is 4.76. The first-order chi connectivity index (χ1) is 9.75. The van der Waals surface area contributed by atoms with E-state index in [2.05, 4.69) is 5.32 Å².